The van der Waals surface area contributed by atoms with Crippen molar-refractivity contribution in [2.24, 2.45) is 5.92 Å². The lowest BCUT2D eigenvalue weighted by Crippen LogP contribution is -2.41. The van der Waals surface area contributed by atoms with Crippen molar-refractivity contribution < 1.29 is 9.59 Å². The lowest BCUT2D eigenvalue weighted by molar-refractivity contribution is -0.117. The Hall–Kier alpha value is -3.71. The zero-order chi connectivity index (χ0) is 27.7. The molecule has 7 nitrogen and oxygen atoms in total. The molecule has 1 unspecified atom stereocenters. The fraction of sp³-hybridized carbons (Fsp3) is 0.333. The van der Waals surface area contributed by atoms with E-state index in [1.165, 1.54) is 0 Å². The van der Waals surface area contributed by atoms with Crippen molar-refractivity contribution in [3.8, 4) is 11.1 Å². The monoisotopic (exact) mass is 533 g/mol. The number of rotatable bonds is 8. The largest absolute Gasteiger partial charge is 0.347 e. The zero-order valence-electron chi connectivity index (χ0n) is 22.5. The minimum Gasteiger partial charge on any atom is -0.347 e. The van der Waals surface area contributed by atoms with Crippen LogP contribution in [0.25, 0.3) is 11.1 Å². The van der Waals surface area contributed by atoms with Crippen molar-refractivity contribution in [1.29, 1.82) is 0 Å². The van der Waals surface area contributed by atoms with E-state index < -0.39 is 0 Å². The highest BCUT2D eigenvalue weighted by atomic mass is 35.5. The second-order valence-electron chi connectivity index (χ2n) is 9.03. The number of carbonyl (C=O) groups is 2. The van der Waals surface area contributed by atoms with Crippen molar-refractivity contribution in [2.45, 2.75) is 53.0 Å². The second kappa shape index (κ2) is 13.7. The fourth-order valence-electron chi connectivity index (χ4n) is 4.45. The maximum Gasteiger partial charge on any atom is 0.224 e. The van der Waals surface area contributed by atoms with Crippen LogP contribution in [0.5, 0.6) is 0 Å². The topological polar surface area (TPSA) is 87.2 Å². The molecular weight excluding hydrogens is 498 g/mol. The molecule has 2 heterocycles. The number of aromatic nitrogens is 2. The minimum absolute atomic E-state index is 0.00460. The van der Waals surface area contributed by atoms with E-state index in [-0.39, 0.29) is 23.8 Å². The Morgan fingerprint density at radius 1 is 1.11 bits per heavy atom. The van der Waals surface area contributed by atoms with Gasteiger partial charge in [-0.15, -0.1) is 6.58 Å². The van der Waals surface area contributed by atoms with Gasteiger partial charge in [-0.3, -0.25) is 9.59 Å². The Balaban J connectivity index is 0.00000195. The Morgan fingerprint density at radius 2 is 1.76 bits per heavy atom. The normalized spacial score (nSPS) is 16.0. The molecule has 2 N–H and O–H groups in total. The minimum atomic E-state index is -0.0918. The number of amides is 2. The first-order chi connectivity index (χ1) is 18.4. The predicted molar refractivity (Wildman–Crippen MR) is 157 cm³/mol. The van der Waals surface area contributed by atoms with Crippen molar-refractivity contribution in [3.05, 3.63) is 78.1 Å². The van der Waals surface area contributed by atoms with Crippen LogP contribution in [0.15, 0.2) is 67.5 Å². The summed E-state index contributed by atoms with van der Waals surface area (Å²) in [4.78, 5) is 34.9. The third kappa shape index (κ3) is 7.19. The fourth-order valence-corrected chi connectivity index (χ4v) is 4.55. The third-order valence-corrected chi connectivity index (χ3v) is 6.49. The Bertz CT molecular complexity index is 1240. The molecule has 2 atom stereocenters. The summed E-state index contributed by atoms with van der Waals surface area (Å²) >= 11 is 5.95. The molecule has 4 rings (SSSR count). The van der Waals surface area contributed by atoms with Gasteiger partial charge in [0.1, 0.15) is 0 Å². The van der Waals surface area contributed by atoms with Gasteiger partial charge in [-0.2, -0.15) is 0 Å². The van der Waals surface area contributed by atoms with Crippen LogP contribution in [0, 0.1) is 5.92 Å². The van der Waals surface area contributed by atoms with E-state index in [0.29, 0.717) is 23.9 Å². The van der Waals surface area contributed by atoms with Gasteiger partial charge < -0.3 is 15.5 Å². The van der Waals surface area contributed by atoms with Crippen LogP contribution in [0.2, 0.25) is 5.02 Å². The van der Waals surface area contributed by atoms with E-state index >= 15 is 0 Å². The highest BCUT2D eigenvalue weighted by molar-refractivity contribution is 6.30. The van der Waals surface area contributed by atoms with Crippen LogP contribution in [0.1, 0.15) is 58.6 Å². The third-order valence-electron chi connectivity index (χ3n) is 6.29. The van der Waals surface area contributed by atoms with E-state index in [4.69, 9.17) is 11.6 Å². The standard InChI is InChI=1S/C28H30ClN5O2.C2H6/c1-4-5-6-7-26(36)32-23-11-8-20(9-12-23)21-10-13-25-24(14-21)27(18(2)17-34(25)19(3)35)33-28-30-15-22(29)16-31-28;1-2/h4,8-16,18,27H,1,5-7,17H2,2-3H3,(H,32,36)(H,30,31,33);1-2H3/t18-,27?;/m1./s1. The van der Waals surface area contributed by atoms with Crippen LogP contribution in [0.3, 0.4) is 0 Å². The molecule has 2 aromatic carbocycles. The highest BCUT2D eigenvalue weighted by Gasteiger charge is 2.33. The summed E-state index contributed by atoms with van der Waals surface area (Å²) in [6, 6.07) is 13.8. The summed E-state index contributed by atoms with van der Waals surface area (Å²) < 4.78 is 0. The van der Waals surface area contributed by atoms with E-state index in [1.54, 1.807) is 19.3 Å². The van der Waals surface area contributed by atoms with E-state index in [2.05, 4.69) is 40.2 Å². The van der Waals surface area contributed by atoms with Gasteiger partial charge >= 0.3 is 0 Å². The number of hydrogen-bond donors (Lipinski definition) is 2. The summed E-state index contributed by atoms with van der Waals surface area (Å²) in [6.45, 7) is 12.0. The number of carbonyl (C=O) groups excluding carboxylic acids is 2. The highest BCUT2D eigenvalue weighted by Crippen LogP contribution is 2.41. The average Bonchev–Trinajstić information content (AvgIpc) is 2.92. The van der Waals surface area contributed by atoms with Crippen LogP contribution in [-0.4, -0.2) is 28.3 Å². The first kappa shape index (κ1) is 28.9. The van der Waals surface area contributed by atoms with Gasteiger partial charge in [0.2, 0.25) is 17.8 Å². The van der Waals surface area contributed by atoms with Crippen molar-refractivity contribution in [1.82, 2.24) is 9.97 Å². The maximum atomic E-state index is 12.4. The number of nitrogens with zero attached hydrogens (tertiary/aromatic N) is 3. The molecule has 0 fully saturated rings. The molecule has 0 saturated carbocycles. The lowest BCUT2D eigenvalue weighted by Gasteiger charge is -2.39. The lowest BCUT2D eigenvalue weighted by atomic mass is 9.86. The van der Waals surface area contributed by atoms with Gasteiger partial charge in [-0.25, -0.2) is 9.97 Å². The van der Waals surface area contributed by atoms with Gasteiger partial charge in [0.05, 0.1) is 23.5 Å². The molecule has 3 aromatic rings. The molecule has 1 aliphatic rings. The number of anilines is 3. The van der Waals surface area contributed by atoms with Crippen molar-refractivity contribution >= 4 is 40.7 Å². The Morgan fingerprint density at radius 3 is 2.39 bits per heavy atom. The van der Waals surface area contributed by atoms with Gasteiger partial charge in [-0.05, 0) is 59.7 Å². The Labute approximate surface area is 230 Å². The molecule has 0 saturated heterocycles. The molecule has 0 radical (unpaired) electrons. The molecule has 0 spiro atoms. The molecule has 200 valence electrons. The van der Waals surface area contributed by atoms with Crippen LogP contribution in [-0.2, 0) is 9.59 Å². The number of benzene rings is 2. The summed E-state index contributed by atoms with van der Waals surface area (Å²) in [7, 11) is 0. The summed E-state index contributed by atoms with van der Waals surface area (Å²) in [5.41, 5.74) is 4.66. The molecule has 38 heavy (non-hydrogen) atoms. The average molecular weight is 534 g/mol. The Kier molecular flexibility index (Phi) is 10.4. The molecule has 8 heteroatoms. The number of nitrogens with one attached hydrogen (secondary N) is 2. The quantitative estimate of drug-likeness (QED) is 0.235. The first-order valence-electron chi connectivity index (χ1n) is 13.0. The smallest absolute Gasteiger partial charge is 0.224 e. The number of allylic oxidation sites excluding steroid dienone is 1. The number of fused-ring (bicyclic) bond motifs is 1. The molecule has 0 aliphatic carbocycles. The van der Waals surface area contributed by atoms with Gasteiger partial charge in [0.25, 0.3) is 0 Å². The van der Waals surface area contributed by atoms with E-state index in [9.17, 15) is 9.59 Å². The van der Waals surface area contributed by atoms with Crippen LogP contribution < -0.4 is 15.5 Å². The summed E-state index contributed by atoms with van der Waals surface area (Å²) in [6.07, 6.45) is 7.01. The van der Waals surface area contributed by atoms with Gasteiger partial charge in [-0.1, -0.05) is 56.6 Å². The SMILES string of the molecule is C=CCCCC(=O)Nc1ccc(-c2ccc3c(c2)C(Nc2ncc(Cl)cn2)[C@H](C)CN3C(C)=O)cc1.CC. The predicted octanol–water partition coefficient (Wildman–Crippen LogP) is 7.27. The van der Waals surface area contributed by atoms with Gasteiger partial charge in [0.15, 0.2) is 0 Å². The maximum absolute atomic E-state index is 12.4. The number of hydrogen-bond acceptors (Lipinski definition) is 5. The molecule has 1 aromatic heterocycles. The number of unbranched alkanes of at least 4 members (excludes halogenated alkanes) is 1. The molecular formula is C30H36ClN5O2. The van der Waals surface area contributed by atoms with E-state index in [0.717, 1.165) is 40.9 Å². The first-order valence-corrected chi connectivity index (χ1v) is 13.4. The molecule has 1 aliphatic heterocycles. The van der Waals surface area contributed by atoms with Crippen LogP contribution in [0.4, 0.5) is 17.3 Å². The molecule has 0 bridgehead atoms. The van der Waals surface area contributed by atoms with Crippen molar-refractivity contribution in [2.75, 3.05) is 22.1 Å². The van der Waals surface area contributed by atoms with Crippen molar-refractivity contribution in [3.63, 3.8) is 0 Å². The van der Waals surface area contributed by atoms with Crippen LogP contribution >= 0.6 is 11.6 Å². The van der Waals surface area contributed by atoms with E-state index in [1.807, 2.05) is 61.2 Å². The van der Waals surface area contributed by atoms with Gasteiger partial charge in [0, 0.05) is 31.3 Å². The second-order valence-corrected chi connectivity index (χ2v) is 9.47. The zero-order valence-corrected chi connectivity index (χ0v) is 23.3. The summed E-state index contributed by atoms with van der Waals surface area (Å²) in [5, 5.41) is 6.84. The number of halogens is 1. The summed E-state index contributed by atoms with van der Waals surface area (Å²) in [5.74, 6) is 0.604. The molecule has 2 amide bonds.